The molecule has 0 saturated carbocycles. The summed E-state index contributed by atoms with van der Waals surface area (Å²) in [4.78, 5) is 28.7. The van der Waals surface area contributed by atoms with Crippen LogP contribution in [0.4, 0.5) is 5.82 Å². The second kappa shape index (κ2) is 6.00. The van der Waals surface area contributed by atoms with Crippen molar-refractivity contribution in [2.24, 2.45) is 5.73 Å². The van der Waals surface area contributed by atoms with E-state index < -0.39 is 11.9 Å². The smallest absolute Gasteiger partial charge is 0.252 e. The summed E-state index contributed by atoms with van der Waals surface area (Å²) >= 11 is 0. The molecule has 98 valence electrons. The number of likely N-dealkylation sites (N-methyl/N-ethyl adjacent to an activating group) is 1. The van der Waals surface area contributed by atoms with E-state index in [-0.39, 0.29) is 11.5 Å². The molecule has 1 atom stereocenters. The molecule has 3 N–H and O–H groups in total. The molecule has 6 heteroatoms. The van der Waals surface area contributed by atoms with E-state index in [1.54, 1.807) is 31.0 Å². The van der Waals surface area contributed by atoms with E-state index in [1.807, 2.05) is 6.92 Å². The second-order valence-electron chi connectivity index (χ2n) is 3.98. The minimum absolute atomic E-state index is 0.0708. The molecular formula is C12H18N4O2. The van der Waals surface area contributed by atoms with Crippen LogP contribution < -0.4 is 11.1 Å². The number of primary amides is 1. The molecule has 1 unspecified atom stereocenters. The molecule has 1 heterocycles. The predicted molar refractivity (Wildman–Crippen MR) is 69.2 cm³/mol. The maximum Gasteiger partial charge on any atom is 0.252 e. The third-order valence-electron chi connectivity index (χ3n) is 2.65. The van der Waals surface area contributed by atoms with Crippen LogP contribution in [0.15, 0.2) is 18.3 Å². The number of carbonyl (C=O) groups excluding carboxylic acids is 2. The first-order valence-corrected chi connectivity index (χ1v) is 5.73. The first kappa shape index (κ1) is 14.0. The molecule has 0 bridgehead atoms. The summed E-state index contributed by atoms with van der Waals surface area (Å²) < 4.78 is 0. The van der Waals surface area contributed by atoms with Crippen LogP contribution in [0, 0.1) is 0 Å². The molecule has 2 amide bonds. The van der Waals surface area contributed by atoms with Crippen LogP contribution in [0.3, 0.4) is 0 Å². The molecule has 1 aromatic heterocycles. The van der Waals surface area contributed by atoms with E-state index in [1.165, 1.54) is 6.20 Å². The molecular weight excluding hydrogens is 232 g/mol. The molecule has 0 saturated heterocycles. The zero-order chi connectivity index (χ0) is 13.7. The standard InChI is InChI=1S/C12H18N4O2/c1-4-16(3)12(18)8(2)15-11-9(10(13)17)6-5-7-14-11/h5-8H,4H2,1-3H3,(H2,13,17)(H,14,15). The number of nitrogens with one attached hydrogen (secondary N) is 1. The highest BCUT2D eigenvalue weighted by atomic mass is 16.2. The van der Waals surface area contributed by atoms with Crippen molar-refractivity contribution in [2.45, 2.75) is 19.9 Å². The monoisotopic (exact) mass is 250 g/mol. The lowest BCUT2D eigenvalue weighted by Crippen LogP contribution is -2.39. The van der Waals surface area contributed by atoms with Crippen LogP contribution in [0.1, 0.15) is 24.2 Å². The Kier molecular flexibility index (Phi) is 4.65. The minimum atomic E-state index is -0.575. The molecule has 0 fully saturated rings. The van der Waals surface area contributed by atoms with E-state index in [9.17, 15) is 9.59 Å². The van der Waals surface area contributed by atoms with E-state index >= 15 is 0 Å². The van der Waals surface area contributed by atoms with Crippen LogP contribution in [0.5, 0.6) is 0 Å². The number of nitrogens with two attached hydrogens (primary N) is 1. The Bertz CT molecular complexity index is 447. The topological polar surface area (TPSA) is 88.3 Å². The van der Waals surface area contributed by atoms with Gasteiger partial charge < -0.3 is 16.0 Å². The average Bonchev–Trinajstić information content (AvgIpc) is 2.37. The Morgan fingerprint density at radius 2 is 2.22 bits per heavy atom. The van der Waals surface area contributed by atoms with E-state index in [0.29, 0.717) is 12.4 Å². The van der Waals surface area contributed by atoms with Gasteiger partial charge in [-0.3, -0.25) is 9.59 Å². The highest BCUT2D eigenvalue weighted by Gasteiger charge is 2.18. The Hall–Kier alpha value is -2.11. The number of carbonyl (C=O) groups is 2. The number of anilines is 1. The summed E-state index contributed by atoms with van der Waals surface area (Å²) in [7, 11) is 1.72. The van der Waals surface area contributed by atoms with Crippen molar-refractivity contribution >= 4 is 17.6 Å². The van der Waals surface area contributed by atoms with Crippen molar-refractivity contribution < 1.29 is 9.59 Å². The number of nitrogens with zero attached hydrogens (tertiary/aromatic N) is 2. The highest BCUT2D eigenvalue weighted by molar-refractivity contribution is 5.98. The van der Waals surface area contributed by atoms with Crippen LogP contribution >= 0.6 is 0 Å². The fourth-order valence-electron chi connectivity index (χ4n) is 1.47. The number of amides is 2. The first-order chi connectivity index (χ1) is 8.47. The van der Waals surface area contributed by atoms with Crippen molar-refractivity contribution in [1.82, 2.24) is 9.88 Å². The van der Waals surface area contributed by atoms with Crippen LogP contribution in [0.2, 0.25) is 0 Å². The van der Waals surface area contributed by atoms with Crippen molar-refractivity contribution in [3.05, 3.63) is 23.9 Å². The van der Waals surface area contributed by atoms with Crippen molar-refractivity contribution in [3.63, 3.8) is 0 Å². The number of rotatable bonds is 5. The van der Waals surface area contributed by atoms with Gasteiger partial charge in [0.25, 0.3) is 5.91 Å². The van der Waals surface area contributed by atoms with Crippen LogP contribution in [-0.4, -0.2) is 41.3 Å². The van der Waals surface area contributed by atoms with Gasteiger partial charge in [0, 0.05) is 19.8 Å². The van der Waals surface area contributed by atoms with Gasteiger partial charge in [-0.15, -0.1) is 0 Å². The summed E-state index contributed by atoms with van der Waals surface area (Å²) in [6.45, 7) is 4.23. The number of pyridine rings is 1. The summed E-state index contributed by atoms with van der Waals surface area (Å²) in [6.07, 6.45) is 1.54. The van der Waals surface area contributed by atoms with Crippen LogP contribution in [-0.2, 0) is 4.79 Å². The quantitative estimate of drug-likeness (QED) is 0.794. The Morgan fingerprint density at radius 1 is 1.56 bits per heavy atom. The average molecular weight is 250 g/mol. The number of hydrogen-bond acceptors (Lipinski definition) is 4. The normalized spacial score (nSPS) is 11.7. The first-order valence-electron chi connectivity index (χ1n) is 5.73. The van der Waals surface area contributed by atoms with Gasteiger partial charge in [0.2, 0.25) is 5.91 Å². The molecule has 18 heavy (non-hydrogen) atoms. The van der Waals surface area contributed by atoms with Gasteiger partial charge in [-0.1, -0.05) is 0 Å². The van der Waals surface area contributed by atoms with Gasteiger partial charge in [-0.2, -0.15) is 0 Å². The van der Waals surface area contributed by atoms with Gasteiger partial charge >= 0.3 is 0 Å². The minimum Gasteiger partial charge on any atom is -0.365 e. The van der Waals surface area contributed by atoms with Gasteiger partial charge in [-0.25, -0.2) is 4.98 Å². The summed E-state index contributed by atoms with van der Waals surface area (Å²) in [5, 5.41) is 2.90. The lowest BCUT2D eigenvalue weighted by atomic mass is 10.2. The Labute approximate surface area is 106 Å². The van der Waals surface area contributed by atoms with Gasteiger partial charge in [0.1, 0.15) is 11.9 Å². The molecule has 0 aliphatic carbocycles. The van der Waals surface area contributed by atoms with Gasteiger partial charge in [-0.05, 0) is 26.0 Å². The fraction of sp³-hybridized carbons (Fsp3) is 0.417. The molecule has 0 aliphatic heterocycles. The number of aromatic nitrogens is 1. The summed E-state index contributed by atoms with van der Waals surface area (Å²) in [6, 6.07) is 2.72. The lowest BCUT2D eigenvalue weighted by molar-refractivity contribution is -0.130. The Balaban J connectivity index is 2.85. The molecule has 1 aromatic rings. The maximum absolute atomic E-state index is 11.9. The zero-order valence-electron chi connectivity index (χ0n) is 10.8. The molecule has 0 radical (unpaired) electrons. The van der Waals surface area contributed by atoms with Crippen molar-refractivity contribution in [3.8, 4) is 0 Å². The molecule has 1 rings (SSSR count). The largest absolute Gasteiger partial charge is 0.365 e. The van der Waals surface area contributed by atoms with Crippen LogP contribution in [0.25, 0.3) is 0 Å². The summed E-state index contributed by atoms with van der Waals surface area (Å²) in [5.41, 5.74) is 5.51. The van der Waals surface area contributed by atoms with E-state index in [0.717, 1.165) is 0 Å². The van der Waals surface area contributed by atoms with Gasteiger partial charge in [0.15, 0.2) is 0 Å². The van der Waals surface area contributed by atoms with Gasteiger partial charge in [0.05, 0.1) is 5.56 Å². The molecule has 0 aromatic carbocycles. The third kappa shape index (κ3) is 3.19. The highest BCUT2D eigenvalue weighted by Crippen LogP contribution is 2.12. The molecule has 6 nitrogen and oxygen atoms in total. The maximum atomic E-state index is 11.9. The summed E-state index contributed by atoms with van der Waals surface area (Å²) in [5.74, 6) is -0.317. The van der Waals surface area contributed by atoms with E-state index in [4.69, 9.17) is 5.73 Å². The SMILES string of the molecule is CCN(C)C(=O)C(C)Nc1ncccc1C(N)=O. The second-order valence-corrected chi connectivity index (χ2v) is 3.98. The third-order valence-corrected chi connectivity index (χ3v) is 2.65. The predicted octanol–water partition coefficient (Wildman–Crippen LogP) is 0.459. The number of hydrogen-bond donors (Lipinski definition) is 2. The van der Waals surface area contributed by atoms with Crippen molar-refractivity contribution in [2.75, 3.05) is 18.9 Å². The fourth-order valence-corrected chi connectivity index (χ4v) is 1.47. The van der Waals surface area contributed by atoms with Crippen molar-refractivity contribution in [1.29, 1.82) is 0 Å². The zero-order valence-corrected chi connectivity index (χ0v) is 10.8. The lowest BCUT2D eigenvalue weighted by Gasteiger charge is -2.21. The molecule has 0 spiro atoms. The van der Waals surface area contributed by atoms with E-state index in [2.05, 4.69) is 10.3 Å². The Morgan fingerprint density at radius 3 is 2.78 bits per heavy atom. The molecule has 0 aliphatic rings.